The molecule has 218 valence electrons. The first-order valence-corrected chi connectivity index (χ1v) is 16.0. The molecule has 0 heterocycles. The number of phenolic OH excluding ortho intramolecular Hbond substituents is 3. The van der Waals surface area contributed by atoms with E-state index in [1.165, 1.54) is 0 Å². The SMILES string of the molecule is O=S(=O)(O)c1cc(O)c2c(/N=N/c3c(O)c(S(=O)(=O)O)cc4cc(S(=O)(=O)O)cc(O)c34)cc(S(=O)(=O)O)cc2c1. The van der Waals surface area contributed by atoms with Gasteiger partial charge in [0.1, 0.15) is 22.1 Å². The van der Waals surface area contributed by atoms with Crippen LogP contribution in [-0.4, -0.2) is 67.2 Å². The van der Waals surface area contributed by atoms with Crippen LogP contribution in [0.15, 0.2) is 72.3 Å². The number of hydrogen-bond acceptors (Lipinski definition) is 13. The minimum atomic E-state index is -5.26. The Bertz CT molecular complexity index is 2270. The van der Waals surface area contributed by atoms with Crippen LogP contribution >= 0.6 is 0 Å². The van der Waals surface area contributed by atoms with Gasteiger partial charge < -0.3 is 15.3 Å². The molecule has 0 aliphatic rings. The number of hydrogen-bond donors (Lipinski definition) is 7. The lowest BCUT2D eigenvalue weighted by Gasteiger charge is -2.12. The summed E-state index contributed by atoms with van der Waals surface area (Å²) in [6, 6.07) is 4.26. The highest BCUT2D eigenvalue weighted by Crippen LogP contribution is 2.46. The lowest BCUT2D eigenvalue weighted by molar-refractivity contribution is 0.443. The smallest absolute Gasteiger partial charge is 0.298 e. The third-order valence-corrected chi connectivity index (χ3v) is 8.85. The van der Waals surface area contributed by atoms with Gasteiger partial charge >= 0.3 is 0 Å². The summed E-state index contributed by atoms with van der Waals surface area (Å²) in [6.07, 6.45) is 0. The first kappa shape index (κ1) is 30.0. The van der Waals surface area contributed by atoms with E-state index >= 15 is 0 Å². The second-order valence-corrected chi connectivity index (χ2v) is 13.9. The van der Waals surface area contributed by atoms with E-state index in [1.54, 1.807) is 0 Å². The van der Waals surface area contributed by atoms with E-state index in [9.17, 15) is 67.2 Å². The van der Waals surface area contributed by atoms with E-state index in [4.69, 9.17) is 0 Å². The van der Waals surface area contributed by atoms with Crippen LogP contribution < -0.4 is 0 Å². The Labute approximate surface area is 229 Å². The zero-order chi connectivity index (χ0) is 30.9. The first-order valence-electron chi connectivity index (χ1n) is 10.2. The quantitative estimate of drug-likeness (QED) is 0.116. The monoisotopic (exact) mass is 650 g/mol. The summed E-state index contributed by atoms with van der Waals surface area (Å²) in [6.45, 7) is 0. The third-order valence-electron chi connectivity index (χ3n) is 5.49. The van der Waals surface area contributed by atoms with Crippen molar-refractivity contribution in [1.82, 2.24) is 0 Å². The summed E-state index contributed by atoms with van der Waals surface area (Å²) in [7, 11) is -20.2. The standard InChI is InChI=1S/C20H14N2O15S4/c23-14-6-11(39(29,30)31)2-8-1-10(38(26,27)28)5-13(17(8)14)21-22-19-18-9(4-16(20(19)25)41(35,36)37)3-12(7-15(18)24)40(32,33)34/h1-7,23-25H,(H,26,27,28)(H,29,30,31)(H,32,33,34)(H,35,36,37)/b22-21+. The van der Waals surface area contributed by atoms with Gasteiger partial charge in [-0.1, -0.05) is 0 Å². The van der Waals surface area contributed by atoms with Crippen LogP contribution in [0.2, 0.25) is 0 Å². The topological polar surface area (TPSA) is 303 Å². The van der Waals surface area contributed by atoms with E-state index in [0.717, 1.165) is 0 Å². The molecule has 0 aromatic heterocycles. The molecule has 0 aliphatic heterocycles. The average molecular weight is 651 g/mol. The van der Waals surface area contributed by atoms with Gasteiger partial charge in [-0.25, -0.2) is 0 Å². The zero-order valence-corrected chi connectivity index (χ0v) is 22.7. The fraction of sp³-hybridized carbons (Fsp3) is 0. The van der Waals surface area contributed by atoms with Gasteiger partial charge in [0.2, 0.25) is 0 Å². The zero-order valence-electron chi connectivity index (χ0n) is 19.5. The maximum Gasteiger partial charge on any atom is 0.298 e. The number of phenols is 3. The number of rotatable bonds is 6. The van der Waals surface area contributed by atoms with Crippen LogP contribution in [0.4, 0.5) is 11.4 Å². The Kier molecular flexibility index (Phi) is 7.00. The van der Waals surface area contributed by atoms with Crippen LogP contribution in [0.25, 0.3) is 21.5 Å². The van der Waals surface area contributed by atoms with Gasteiger partial charge in [0, 0.05) is 12.1 Å². The number of aromatic hydroxyl groups is 3. The molecule has 0 bridgehead atoms. The molecule has 0 saturated heterocycles. The highest BCUT2D eigenvalue weighted by molar-refractivity contribution is 7.86. The van der Waals surface area contributed by atoms with E-state index in [-0.39, 0.29) is 0 Å². The van der Waals surface area contributed by atoms with Crippen molar-refractivity contribution in [2.45, 2.75) is 19.6 Å². The van der Waals surface area contributed by atoms with Crippen LogP contribution in [0.3, 0.4) is 0 Å². The van der Waals surface area contributed by atoms with Crippen molar-refractivity contribution in [3.05, 3.63) is 42.5 Å². The predicted molar refractivity (Wildman–Crippen MR) is 136 cm³/mol. The highest BCUT2D eigenvalue weighted by atomic mass is 32.2. The summed E-state index contributed by atoms with van der Waals surface area (Å²) in [4.78, 5) is -4.00. The summed E-state index contributed by atoms with van der Waals surface area (Å²) in [5.41, 5.74) is -1.61. The Morgan fingerprint density at radius 3 is 1.34 bits per heavy atom. The first-order chi connectivity index (χ1) is 18.6. The Morgan fingerprint density at radius 1 is 0.488 bits per heavy atom. The molecule has 0 atom stereocenters. The molecular formula is C20H14N2O15S4. The summed E-state index contributed by atoms with van der Waals surface area (Å²) < 4.78 is 131. The molecule has 0 amide bonds. The van der Waals surface area contributed by atoms with Gasteiger partial charge in [0.05, 0.1) is 31.1 Å². The molecule has 0 fully saturated rings. The van der Waals surface area contributed by atoms with E-state index < -0.39 is 110 Å². The third kappa shape index (κ3) is 5.77. The van der Waals surface area contributed by atoms with Crippen molar-refractivity contribution in [2.24, 2.45) is 10.2 Å². The molecule has 0 saturated carbocycles. The van der Waals surface area contributed by atoms with E-state index in [1.807, 2.05) is 0 Å². The summed E-state index contributed by atoms with van der Waals surface area (Å²) in [5.74, 6) is -3.25. The van der Waals surface area contributed by atoms with Gasteiger partial charge in [-0.2, -0.15) is 33.7 Å². The Morgan fingerprint density at radius 2 is 0.902 bits per heavy atom. The largest absolute Gasteiger partial charge is 0.507 e. The number of nitrogens with zero attached hydrogens (tertiary/aromatic N) is 2. The molecule has 4 aromatic rings. The summed E-state index contributed by atoms with van der Waals surface area (Å²) >= 11 is 0. The molecule has 4 aromatic carbocycles. The van der Waals surface area contributed by atoms with Crippen molar-refractivity contribution >= 4 is 73.4 Å². The van der Waals surface area contributed by atoms with Gasteiger partial charge in [-0.05, 0) is 41.1 Å². The molecule has 41 heavy (non-hydrogen) atoms. The molecule has 0 radical (unpaired) electrons. The number of fused-ring (bicyclic) bond motifs is 2. The van der Waals surface area contributed by atoms with Crippen molar-refractivity contribution < 1.29 is 67.2 Å². The molecule has 0 spiro atoms. The van der Waals surface area contributed by atoms with Crippen molar-refractivity contribution in [1.29, 1.82) is 0 Å². The fourth-order valence-corrected chi connectivity index (χ4v) is 6.00. The maximum atomic E-state index is 11.9. The predicted octanol–water partition coefficient (Wildman–Crippen LogP) is 2.51. The summed E-state index contributed by atoms with van der Waals surface area (Å²) in [5, 5.41) is 36.7. The van der Waals surface area contributed by atoms with Crippen molar-refractivity contribution in [3.63, 3.8) is 0 Å². The van der Waals surface area contributed by atoms with Crippen molar-refractivity contribution in [2.75, 3.05) is 0 Å². The van der Waals surface area contributed by atoms with E-state index in [2.05, 4.69) is 10.2 Å². The van der Waals surface area contributed by atoms with Crippen LogP contribution in [0.5, 0.6) is 17.2 Å². The van der Waals surface area contributed by atoms with E-state index in [0.29, 0.717) is 42.5 Å². The molecule has 0 aliphatic carbocycles. The van der Waals surface area contributed by atoms with Gasteiger partial charge in [-0.15, -0.1) is 10.2 Å². The molecular weight excluding hydrogens is 636 g/mol. The van der Waals surface area contributed by atoms with Crippen LogP contribution in [-0.2, 0) is 40.5 Å². The number of benzene rings is 4. The molecule has 0 unspecified atom stereocenters. The highest BCUT2D eigenvalue weighted by Gasteiger charge is 2.26. The van der Waals surface area contributed by atoms with Gasteiger partial charge in [0.25, 0.3) is 40.5 Å². The maximum absolute atomic E-state index is 11.9. The molecule has 21 heteroatoms. The second-order valence-electron chi connectivity index (χ2n) is 8.20. The van der Waals surface area contributed by atoms with Gasteiger partial charge in [-0.3, -0.25) is 18.2 Å². The Hall–Kier alpha value is -3.96. The molecule has 17 nitrogen and oxygen atoms in total. The minimum Gasteiger partial charge on any atom is -0.507 e. The second kappa shape index (κ2) is 9.56. The van der Waals surface area contributed by atoms with Crippen LogP contribution in [0, 0.1) is 0 Å². The lowest BCUT2D eigenvalue weighted by atomic mass is 10.1. The average Bonchev–Trinajstić information content (AvgIpc) is 2.80. The molecule has 7 N–H and O–H groups in total. The normalized spacial score (nSPS) is 13.4. The van der Waals surface area contributed by atoms with Gasteiger partial charge in [0.15, 0.2) is 5.75 Å². The Balaban J connectivity index is 2.13. The number of azo groups is 1. The molecule has 4 rings (SSSR count). The van der Waals surface area contributed by atoms with Crippen LogP contribution in [0.1, 0.15) is 0 Å². The fourth-order valence-electron chi connectivity index (χ4n) is 3.78. The minimum absolute atomic E-state index is 0.428. The lowest BCUT2D eigenvalue weighted by Crippen LogP contribution is -2.01. The van der Waals surface area contributed by atoms with Crippen molar-refractivity contribution in [3.8, 4) is 17.2 Å².